The summed E-state index contributed by atoms with van der Waals surface area (Å²) in [5.41, 5.74) is 21.8. The number of benzene rings is 2. The Morgan fingerprint density at radius 3 is 2.38 bits per heavy atom. The highest BCUT2D eigenvalue weighted by Gasteiger charge is 2.03. The fraction of sp³-hybridized carbons (Fsp3) is 0.0769. The molecule has 0 aliphatic rings. The molecule has 0 aromatic heterocycles. The molecule has 82 valence electrons. The van der Waals surface area contributed by atoms with Crippen molar-refractivity contribution in [3.8, 4) is 11.1 Å². The molecule has 0 aliphatic heterocycles. The van der Waals surface area contributed by atoms with E-state index < -0.39 is 0 Å². The Morgan fingerprint density at radius 1 is 0.938 bits per heavy atom. The normalized spacial score (nSPS) is 10.3. The first-order chi connectivity index (χ1) is 7.70. The van der Waals surface area contributed by atoms with Crippen LogP contribution >= 0.6 is 0 Å². The van der Waals surface area contributed by atoms with E-state index in [1.54, 1.807) is 0 Å². The van der Waals surface area contributed by atoms with Crippen molar-refractivity contribution in [1.29, 1.82) is 0 Å². The summed E-state index contributed by atoms with van der Waals surface area (Å²) in [5, 5.41) is 0. The van der Waals surface area contributed by atoms with Crippen molar-refractivity contribution in [3.05, 3.63) is 48.0 Å². The number of rotatable bonds is 2. The lowest BCUT2D eigenvalue weighted by Gasteiger charge is -2.08. The van der Waals surface area contributed by atoms with E-state index in [-0.39, 0.29) is 0 Å². The standard InChI is InChI=1S/C13H15N3/c14-8-9-5-10(7-11(15)6-9)12-3-1-2-4-13(12)16/h1-7H,8,14-16H2. The first-order valence-corrected chi connectivity index (χ1v) is 5.15. The smallest absolute Gasteiger partial charge is 0.0393 e. The molecule has 0 unspecified atom stereocenters. The Hall–Kier alpha value is -2.00. The summed E-state index contributed by atoms with van der Waals surface area (Å²) in [6.45, 7) is 0.477. The molecule has 6 N–H and O–H groups in total. The van der Waals surface area contributed by atoms with Gasteiger partial charge in [0, 0.05) is 23.5 Å². The predicted molar refractivity (Wildman–Crippen MR) is 68.6 cm³/mol. The second kappa shape index (κ2) is 4.24. The summed E-state index contributed by atoms with van der Waals surface area (Å²) in [4.78, 5) is 0. The third-order valence-corrected chi connectivity index (χ3v) is 2.52. The SMILES string of the molecule is NCc1cc(N)cc(-c2ccccc2N)c1. The second-order valence-corrected chi connectivity index (χ2v) is 3.75. The number of nitrogens with two attached hydrogens (primary N) is 3. The van der Waals surface area contributed by atoms with E-state index in [1.165, 1.54) is 0 Å². The lowest BCUT2D eigenvalue weighted by atomic mass is 10.0. The second-order valence-electron chi connectivity index (χ2n) is 3.75. The van der Waals surface area contributed by atoms with E-state index in [9.17, 15) is 0 Å². The summed E-state index contributed by atoms with van der Waals surface area (Å²) in [5.74, 6) is 0. The van der Waals surface area contributed by atoms with Crippen molar-refractivity contribution >= 4 is 11.4 Å². The van der Waals surface area contributed by atoms with Crippen LogP contribution in [0.4, 0.5) is 11.4 Å². The Morgan fingerprint density at radius 2 is 1.69 bits per heavy atom. The lowest BCUT2D eigenvalue weighted by molar-refractivity contribution is 1.07. The van der Waals surface area contributed by atoms with Gasteiger partial charge in [-0.25, -0.2) is 0 Å². The van der Waals surface area contributed by atoms with Crippen LogP contribution in [0, 0.1) is 0 Å². The quantitative estimate of drug-likeness (QED) is 0.667. The number of hydrogen-bond donors (Lipinski definition) is 3. The van der Waals surface area contributed by atoms with Crippen molar-refractivity contribution in [2.24, 2.45) is 5.73 Å². The molecular formula is C13H15N3. The lowest BCUT2D eigenvalue weighted by Crippen LogP contribution is -1.99. The van der Waals surface area contributed by atoms with Crippen molar-refractivity contribution in [3.63, 3.8) is 0 Å². The minimum atomic E-state index is 0.477. The highest BCUT2D eigenvalue weighted by molar-refractivity contribution is 5.78. The van der Waals surface area contributed by atoms with Gasteiger partial charge in [-0.3, -0.25) is 0 Å². The van der Waals surface area contributed by atoms with E-state index in [2.05, 4.69) is 0 Å². The Balaban J connectivity index is 2.56. The predicted octanol–water partition coefficient (Wildman–Crippen LogP) is 1.98. The van der Waals surface area contributed by atoms with Crippen molar-refractivity contribution in [2.45, 2.75) is 6.54 Å². The summed E-state index contributed by atoms with van der Waals surface area (Å²) < 4.78 is 0. The third kappa shape index (κ3) is 1.99. The summed E-state index contributed by atoms with van der Waals surface area (Å²) >= 11 is 0. The number of nitrogen functional groups attached to an aromatic ring is 2. The highest BCUT2D eigenvalue weighted by Crippen LogP contribution is 2.28. The first kappa shape index (κ1) is 10.5. The van der Waals surface area contributed by atoms with Gasteiger partial charge < -0.3 is 17.2 Å². The van der Waals surface area contributed by atoms with E-state index in [0.717, 1.165) is 22.4 Å². The van der Waals surface area contributed by atoms with E-state index in [1.807, 2.05) is 42.5 Å². The van der Waals surface area contributed by atoms with Gasteiger partial charge in [-0.15, -0.1) is 0 Å². The Bertz CT molecular complexity index is 506. The van der Waals surface area contributed by atoms with Crippen LogP contribution < -0.4 is 17.2 Å². The Kier molecular flexibility index (Phi) is 2.79. The van der Waals surface area contributed by atoms with Gasteiger partial charge in [0.15, 0.2) is 0 Å². The molecule has 0 aliphatic carbocycles. The zero-order valence-corrected chi connectivity index (χ0v) is 8.98. The van der Waals surface area contributed by atoms with Gasteiger partial charge in [0.1, 0.15) is 0 Å². The van der Waals surface area contributed by atoms with Gasteiger partial charge in [-0.05, 0) is 35.4 Å². The molecule has 2 rings (SSSR count). The molecule has 0 bridgehead atoms. The van der Waals surface area contributed by atoms with Crippen LogP contribution in [-0.4, -0.2) is 0 Å². The fourth-order valence-electron chi connectivity index (χ4n) is 1.75. The molecular weight excluding hydrogens is 198 g/mol. The summed E-state index contributed by atoms with van der Waals surface area (Å²) in [6, 6.07) is 13.5. The molecule has 3 heteroatoms. The van der Waals surface area contributed by atoms with Gasteiger partial charge in [0.2, 0.25) is 0 Å². The average Bonchev–Trinajstić information content (AvgIpc) is 2.28. The zero-order chi connectivity index (χ0) is 11.5. The van der Waals surface area contributed by atoms with Crippen molar-refractivity contribution in [2.75, 3.05) is 11.5 Å². The maximum absolute atomic E-state index is 5.92. The minimum Gasteiger partial charge on any atom is -0.399 e. The highest BCUT2D eigenvalue weighted by atomic mass is 14.6. The largest absolute Gasteiger partial charge is 0.399 e. The molecule has 2 aromatic rings. The molecule has 0 fully saturated rings. The summed E-state index contributed by atoms with van der Waals surface area (Å²) in [6.07, 6.45) is 0. The maximum atomic E-state index is 5.92. The zero-order valence-electron chi connectivity index (χ0n) is 8.98. The topological polar surface area (TPSA) is 78.1 Å². The van der Waals surface area contributed by atoms with Crippen LogP contribution in [0.1, 0.15) is 5.56 Å². The van der Waals surface area contributed by atoms with Gasteiger partial charge in [0.25, 0.3) is 0 Å². The first-order valence-electron chi connectivity index (χ1n) is 5.15. The van der Waals surface area contributed by atoms with Gasteiger partial charge in [-0.1, -0.05) is 18.2 Å². The Labute approximate surface area is 94.9 Å². The van der Waals surface area contributed by atoms with E-state index in [0.29, 0.717) is 12.2 Å². The van der Waals surface area contributed by atoms with Crippen LogP contribution in [0.5, 0.6) is 0 Å². The van der Waals surface area contributed by atoms with Crippen LogP contribution in [0.3, 0.4) is 0 Å². The van der Waals surface area contributed by atoms with Crippen molar-refractivity contribution < 1.29 is 0 Å². The number of hydrogen-bond acceptors (Lipinski definition) is 3. The molecule has 0 saturated carbocycles. The van der Waals surface area contributed by atoms with Gasteiger partial charge in [-0.2, -0.15) is 0 Å². The molecule has 0 amide bonds. The molecule has 0 spiro atoms. The van der Waals surface area contributed by atoms with Crippen molar-refractivity contribution in [1.82, 2.24) is 0 Å². The van der Waals surface area contributed by atoms with E-state index >= 15 is 0 Å². The molecule has 0 atom stereocenters. The average molecular weight is 213 g/mol. The molecule has 0 heterocycles. The molecule has 2 aromatic carbocycles. The summed E-state index contributed by atoms with van der Waals surface area (Å²) in [7, 11) is 0. The maximum Gasteiger partial charge on any atom is 0.0393 e. The monoisotopic (exact) mass is 213 g/mol. The molecule has 3 nitrogen and oxygen atoms in total. The van der Waals surface area contributed by atoms with E-state index in [4.69, 9.17) is 17.2 Å². The van der Waals surface area contributed by atoms with Crippen LogP contribution in [0.25, 0.3) is 11.1 Å². The number of anilines is 2. The van der Waals surface area contributed by atoms with Crippen LogP contribution in [0.15, 0.2) is 42.5 Å². The molecule has 16 heavy (non-hydrogen) atoms. The van der Waals surface area contributed by atoms with Gasteiger partial charge >= 0.3 is 0 Å². The third-order valence-electron chi connectivity index (χ3n) is 2.52. The van der Waals surface area contributed by atoms with Crippen LogP contribution in [0.2, 0.25) is 0 Å². The van der Waals surface area contributed by atoms with Crippen LogP contribution in [-0.2, 0) is 6.54 Å². The molecule has 0 radical (unpaired) electrons. The molecule has 0 saturated heterocycles. The minimum absolute atomic E-state index is 0.477. The number of para-hydroxylation sites is 1. The fourth-order valence-corrected chi connectivity index (χ4v) is 1.75. The van der Waals surface area contributed by atoms with Gasteiger partial charge in [0.05, 0.1) is 0 Å².